The Labute approximate surface area is 114 Å². The van der Waals surface area contributed by atoms with E-state index in [4.69, 9.17) is 5.73 Å². The van der Waals surface area contributed by atoms with Crippen molar-refractivity contribution >= 4 is 11.6 Å². The van der Waals surface area contributed by atoms with Crippen LogP contribution in [0.2, 0.25) is 0 Å². The summed E-state index contributed by atoms with van der Waals surface area (Å²) < 4.78 is 0. The number of nitrogen functional groups attached to an aromatic ring is 1. The third kappa shape index (κ3) is 2.91. The Morgan fingerprint density at radius 2 is 2.11 bits per heavy atom. The number of H-pyrrole nitrogens is 1. The zero-order valence-corrected chi connectivity index (χ0v) is 12.2. The van der Waals surface area contributed by atoms with Gasteiger partial charge in [0.2, 0.25) is 0 Å². The van der Waals surface area contributed by atoms with Crippen molar-refractivity contribution in [3.05, 3.63) is 11.4 Å². The number of aromatic amines is 1. The molecule has 1 aliphatic carbocycles. The quantitative estimate of drug-likeness (QED) is 0.857. The number of amides is 1. The minimum absolute atomic E-state index is 0.0891. The van der Waals surface area contributed by atoms with E-state index in [2.05, 4.69) is 31.0 Å². The Morgan fingerprint density at radius 3 is 2.63 bits per heavy atom. The molecule has 106 valence electrons. The van der Waals surface area contributed by atoms with Crippen LogP contribution in [0.25, 0.3) is 0 Å². The van der Waals surface area contributed by atoms with E-state index in [1.54, 1.807) is 4.90 Å². The van der Waals surface area contributed by atoms with Gasteiger partial charge in [-0.05, 0) is 32.1 Å². The first-order valence-electron chi connectivity index (χ1n) is 7.02. The molecule has 5 heteroatoms. The van der Waals surface area contributed by atoms with Crippen LogP contribution in [0.4, 0.5) is 5.69 Å². The fourth-order valence-electron chi connectivity index (χ4n) is 2.42. The van der Waals surface area contributed by atoms with E-state index in [9.17, 15) is 4.79 Å². The van der Waals surface area contributed by atoms with Crippen molar-refractivity contribution in [2.24, 2.45) is 5.92 Å². The number of nitrogens with two attached hydrogens (primary N) is 1. The van der Waals surface area contributed by atoms with Gasteiger partial charge in [-0.25, -0.2) is 0 Å². The van der Waals surface area contributed by atoms with Crippen LogP contribution in [0, 0.1) is 5.92 Å². The van der Waals surface area contributed by atoms with Gasteiger partial charge in [0.05, 0.1) is 11.4 Å². The number of carbonyl (C=O) groups excluding carboxylic acids is 1. The smallest absolute Gasteiger partial charge is 0.276 e. The summed E-state index contributed by atoms with van der Waals surface area (Å²) in [6.07, 6.45) is 3.25. The fourth-order valence-corrected chi connectivity index (χ4v) is 2.42. The Bertz CT molecular complexity index is 462. The molecule has 2 rings (SSSR count). The second-order valence-corrected chi connectivity index (χ2v) is 6.07. The van der Waals surface area contributed by atoms with Crippen molar-refractivity contribution in [2.45, 2.75) is 52.0 Å². The highest BCUT2D eigenvalue weighted by Crippen LogP contribution is 2.42. The second kappa shape index (κ2) is 5.23. The number of carbonyl (C=O) groups is 1. The van der Waals surface area contributed by atoms with E-state index in [1.807, 2.05) is 7.05 Å². The van der Waals surface area contributed by atoms with E-state index in [0.717, 1.165) is 25.0 Å². The molecule has 0 aliphatic heterocycles. The van der Waals surface area contributed by atoms with Crippen molar-refractivity contribution in [3.63, 3.8) is 0 Å². The molecular weight excluding hydrogens is 240 g/mol. The van der Waals surface area contributed by atoms with Crippen molar-refractivity contribution in [1.82, 2.24) is 15.1 Å². The average Bonchev–Trinajstić information content (AvgIpc) is 3.10. The van der Waals surface area contributed by atoms with Gasteiger partial charge in [0.15, 0.2) is 5.69 Å². The minimum atomic E-state index is -0.0891. The maximum absolute atomic E-state index is 12.4. The molecule has 1 aliphatic rings. The molecule has 1 unspecified atom stereocenters. The molecule has 1 fully saturated rings. The highest BCUT2D eigenvalue weighted by Gasteiger charge is 2.31. The molecule has 1 saturated carbocycles. The van der Waals surface area contributed by atoms with Crippen LogP contribution in [-0.2, 0) is 0 Å². The molecule has 0 bridgehead atoms. The maximum atomic E-state index is 12.4. The maximum Gasteiger partial charge on any atom is 0.276 e. The van der Waals surface area contributed by atoms with E-state index < -0.39 is 0 Å². The van der Waals surface area contributed by atoms with Crippen LogP contribution >= 0.6 is 0 Å². The predicted molar refractivity (Wildman–Crippen MR) is 76.0 cm³/mol. The topological polar surface area (TPSA) is 75.0 Å². The number of aromatic nitrogens is 2. The van der Waals surface area contributed by atoms with Gasteiger partial charge in [-0.3, -0.25) is 9.89 Å². The largest absolute Gasteiger partial charge is 0.395 e. The molecule has 1 aromatic heterocycles. The average molecular weight is 264 g/mol. The van der Waals surface area contributed by atoms with Crippen LogP contribution in [0.15, 0.2) is 0 Å². The molecule has 19 heavy (non-hydrogen) atoms. The predicted octanol–water partition coefficient (Wildman–Crippen LogP) is 2.38. The first-order chi connectivity index (χ1) is 8.91. The molecule has 0 saturated heterocycles. The Morgan fingerprint density at radius 1 is 1.47 bits per heavy atom. The van der Waals surface area contributed by atoms with Gasteiger partial charge in [0.1, 0.15) is 0 Å². The van der Waals surface area contributed by atoms with Crippen LogP contribution in [0.3, 0.4) is 0 Å². The summed E-state index contributed by atoms with van der Waals surface area (Å²) in [6, 6.07) is 0.188. The summed E-state index contributed by atoms with van der Waals surface area (Å²) in [5.74, 6) is 0.949. The second-order valence-electron chi connectivity index (χ2n) is 6.07. The van der Waals surface area contributed by atoms with Crippen molar-refractivity contribution in [2.75, 3.05) is 12.8 Å². The number of hydrogen-bond donors (Lipinski definition) is 2. The summed E-state index contributed by atoms with van der Waals surface area (Å²) in [5, 5.41) is 7.05. The molecule has 1 heterocycles. The summed E-state index contributed by atoms with van der Waals surface area (Å²) in [6.45, 7) is 6.37. The van der Waals surface area contributed by atoms with Gasteiger partial charge in [-0.1, -0.05) is 13.8 Å². The van der Waals surface area contributed by atoms with Crippen LogP contribution < -0.4 is 5.73 Å². The Balaban J connectivity index is 2.10. The summed E-state index contributed by atoms with van der Waals surface area (Å²) in [7, 11) is 1.82. The molecular formula is C14H24N4O. The molecule has 5 nitrogen and oxygen atoms in total. The highest BCUT2D eigenvalue weighted by molar-refractivity contribution is 5.97. The van der Waals surface area contributed by atoms with Crippen LogP contribution in [0.5, 0.6) is 0 Å². The third-order valence-corrected chi connectivity index (χ3v) is 3.82. The van der Waals surface area contributed by atoms with Gasteiger partial charge < -0.3 is 10.6 Å². The molecule has 1 aromatic rings. The molecule has 0 spiro atoms. The number of rotatable bonds is 5. The molecule has 1 atom stereocenters. The Hall–Kier alpha value is -1.52. The van der Waals surface area contributed by atoms with Gasteiger partial charge in [0.25, 0.3) is 5.91 Å². The van der Waals surface area contributed by atoms with Crippen molar-refractivity contribution in [3.8, 4) is 0 Å². The molecule has 3 N–H and O–H groups in total. The van der Waals surface area contributed by atoms with E-state index in [0.29, 0.717) is 23.2 Å². The minimum Gasteiger partial charge on any atom is -0.395 e. The fraction of sp³-hybridized carbons (Fsp3) is 0.714. The van der Waals surface area contributed by atoms with E-state index >= 15 is 0 Å². The normalized spacial score (nSPS) is 16.7. The monoisotopic (exact) mass is 264 g/mol. The lowest BCUT2D eigenvalue weighted by Crippen LogP contribution is -2.36. The summed E-state index contributed by atoms with van der Waals surface area (Å²) in [4.78, 5) is 14.1. The SMILES string of the molecule is CC(C)CC(C)N(C)C(=O)c1n[nH]c(C2CC2)c1N. The summed E-state index contributed by atoms with van der Waals surface area (Å²) in [5.41, 5.74) is 7.89. The standard InChI is InChI=1S/C14H24N4O/c1-8(2)7-9(3)18(4)14(19)13-11(15)12(16-17-13)10-5-6-10/h8-10H,5-7,15H2,1-4H3,(H,16,17). The molecule has 1 amide bonds. The lowest BCUT2D eigenvalue weighted by molar-refractivity contribution is 0.0723. The lowest BCUT2D eigenvalue weighted by Gasteiger charge is -2.25. The van der Waals surface area contributed by atoms with Crippen molar-refractivity contribution in [1.29, 1.82) is 0 Å². The Kier molecular flexibility index (Phi) is 3.83. The molecule has 0 radical (unpaired) electrons. The van der Waals surface area contributed by atoms with Gasteiger partial charge in [0, 0.05) is 19.0 Å². The zero-order valence-electron chi connectivity index (χ0n) is 12.2. The molecule has 0 aromatic carbocycles. The van der Waals surface area contributed by atoms with Gasteiger partial charge >= 0.3 is 0 Å². The third-order valence-electron chi connectivity index (χ3n) is 3.82. The van der Waals surface area contributed by atoms with Crippen molar-refractivity contribution < 1.29 is 4.79 Å². The highest BCUT2D eigenvalue weighted by atomic mass is 16.2. The first-order valence-corrected chi connectivity index (χ1v) is 7.02. The number of anilines is 1. The zero-order chi connectivity index (χ0) is 14.2. The summed E-state index contributed by atoms with van der Waals surface area (Å²) >= 11 is 0. The lowest BCUT2D eigenvalue weighted by atomic mass is 10.0. The van der Waals surface area contributed by atoms with E-state index in [1.165, 1.54) is 0 Å². The number of nitrogens with zero attached hydrogens (tertiary/aromatic N) is 2. The number of hydrogen-bond acceptors (Lipinski definition) is 3. The van der Waals surface area contributed by atoms with Crippen LogP contribution in [-0.4, -0.2) is 34.1 Å². The first kappa shape index (κ1) is 13.9. The van der Waals surface area contributed by atoms with Gasteiger partial charge in [-0.15, -0.1) is 0 Å². The number of nitrogens with one attached hydrogen (secondary N) is 1. The van der Waals surface area contributed by atoms with Crippen LogP contribution in [0.1, 0.15) is 62.1 Å². The van der Waals surface area contributed by atoms with Gasteiger partial charge in [-0.2, -0.15) is 5.10 Å². The van der Waals surface area contributed by atoms with E-state index in [-0.39, 0.29) is 11.9 Å².